The maximum atomic E-state index is 12.1. The Labute approximate surface area is 122 Å². The van der Waals surface area contributed by atoms with Crippen molar-refractivity contribution in [2.24, 2.45) is 0 Å². The maximum Gasteiger partial charge on any atom is 0.330 e. The van der Waals surface area contributed by atoms with Crippen molar-refractivity contribution in [2.75, 3.05) is 11.5 Å². The van der Waals surface area contributed by atoms with Gasteiger partial charge in [0.25, 0.3) is 5.91 Å². The van der Waals surface area contributed by atoms with Crippen LogP contribution in [-0.4, -0.2) is 44.2 Å². The number of aliphatic carboxylic acids is 1. The molecule has 1 amide bonds. The van der Waals surface area contributed by atoms with E-state index in [-0.39, 0.29) is 15.9 Å². The number of carboxylic acid groups (broad SMARTS) is 1. The van der Waals surface area contributed by atoms with Crippen molar-refractivity contribution in [3.05, 3.63) is 21.9 Å². The highest BCUT2D eigenvalue weighted by molar-refractivity contribution is 7.99. The number of hydrogen-bond acceptors (Lipinski definition) is 5. The van der Waals surface area contributed by atoms with Gasteiger partial charge in [-0.3, -0.25) is 4.79 Å². The first-order chi connectivity index (χ1) is 8.94. The van der Waals surface area contributed by atoms with Gasteiger partial charge in [-0.05, 0) is 18.2 Å². The third-order valence-corrected chi connectivity index (χ3v) is 4.40. The van der Waals surface area contributed by atoms with Gasteiger partial charge in [-0.1, -0.05) is 23.2 Å². The average Bonchev–Trinajstić information content (AvgIpc) is 2.82. The summed E-state index contributed by atoms with van der Waals surface area (Å²) in [6.45, 7) is 0. The number of amides is 1. The van der Waals surface area contributed by atoms with Crippen molar-refractivity contribution in [1.29, 1.82) is 0 Å². The number of carbonyl (C=O) groups excluding carboxylic acids is 1. The zero-order chi connectivity index (χ0) is 14.0. The molecule has 2 N–H and O–H groups in total. The zero-order valence-corrected chi connectivity index (χ0v) is 11.8. The number of nitrogens with one attached hydrogen (secondary N) is 1. The van der Waals surface area contributed by atoms with E-state index in [1.165, 1.54) is 17.8 Å². The second-order valence-electron chi connectivity index (χ2n) is 4.02. The molecule has 2 rings (SSSR count). The van der Waals surface area contributed by atoms with Crippen LogP contribution in [-0.2, 0) is 4.79 Å². The molecule has 0 radical (unpaired) electrons. The van der Waals surface area contributed by atoms with Gasteiger partial charge in [0.15, 0.2) is 10.3 Å². The van der Waals surface area contributed by atoms with Gasteiger partial charge in [0.1, 0.15) is 5.54 Å². The molecular weight excluding hydrogens is 313 g/mol. The predicted octanol–water partition coefficient (Wildman–Crippen LogP) is 1.47. The SMILES string of the molecule is O=C(NC1(C(=O)O)CCSC1)c1cc(Cl)nnc1Cl. The zero-order valence-electron chi connectivity index (χ0n) is 9.52. The molecule has 102 valence electrons. The number of halogens is 2. The first-order valence-electron chi connectivity index (χ1n) is 5.27. The predicted molar refractivity (Wildman–Crippen MR) is 71.8 cm³/mol. The van der Waals surface area contributed by atoms with Crippen LogP contribution in [0.2, 0.25) is 10.3 Å². The molecule has 1 fully saturated rings. The second kappa shape index (κ2) is 5.52. The minimum absolute atomic E-state index is 0.0131. The molecule has 6 nitrogen and oxygen atoms in total. The fourth-order valence-corrected chi connectivity index (χ4v) is 3.33. The van der Waals surface area contributed by atoms with Crippen LogP contribution in [0.25, 0.3) is 0 Å². The molecule has 0 saturated carbocycles. The summed E-state index contributed by atoms with van der Waals surface area (Å²) >= 11 is 12.9. The van der Waals surface area contributed by atoms with Crippen LogP contribution in [0.3, 0.4) is 0 Å². The molecular formula is C10H9Cl2N3O3S. The van der Waals surface area contributed by atoms with Crippen molar-refractivity contribution in [2.45, 2.75) is 12.0 Å². The van der Waals surface area contributed by atoms with Gasteiger partial charge in [-0.15, -0.1) is 10.2 Å². The maximum absolute atomic E-state index is 12.1. The lowest BCUT2D eigenvalue weighted by Gasteiger charge is -2.24. The number of rotatable bonds is 3. The minimum Gasteiger partial charge on any atom is -0.479 e. The lowest BCUT2D eigenvalue weighted by atomic mass is 9.99. The smallest absolute Gasteiger partial charge is 0.330 e. The summed E-state index contributed by atoms with van der Waals surface area (Å²) in [6.07, 6.45) is 0.364. The summed E-state index contributed by atoms with van der Waals surface area (Å²) in [5.74, 6) is -0.685. The van der Waals surface area contributed by atoms with E-state index < -0.39 is 17.4 Å². The molecule has 2 heterocycles. The quantitative estimate of drug-likeness (QED) is 0.875. The Hall–Kier alpha value is -1.05. The van der Waals surface area contributed by atoms with Crippen molar-refractivity contribution in [1.82, 2.24) is 15.5 Å². The van der Waals surface area contributed by atoms with E-state index in [0.29, 0.717) is 17.9 Å². The molecule has 0 bridgehead atoms. The third kappa shape index (κ3) is 2.93. The Kier molecular flexibility index (Phi) is 4.17. The summed E-state index contributed by atoms with van der Waals surface area (Å²) < 4.78 is 0. The molecule has 1 aliphatic heterocycles. The summed E-state index contributed by atoms with van der Waals surface area (Å²) in [7, 11) is 0. The van der Waals surface area contributed by atoms with Gasteiger partial charge in [-0.25, -0.2) is 4.79 Å². The van der Waals surface area contributed by atoms with Crippen LogP contribution in [0.15, 0.2) is 6.07 Å². The van der Waals surface area contributed by atoms with Gasteiger partial charge < -0.3 is 10.4 Å². The fraction of sp³-hybridized carbons (Fsp3) is 0.400. The Balaban J connectivity index is 2.25. The van der Waals surface area contributed by atoms with Crippen molar-refractivity contribution in [3.8, 4) is 0 Å². The van der Waals surface area contributed by atoms with Gasteiger partial charge in [0.2, 0.25) is 0 Å². The van der Waals surface area contributed by atoms with E-state index in [4.69, 9.17) is 23.2 Å². The van der Waals surface area contributed by atoms with Gasteiger partial charge in [0, 0.05) is 5.75 Å². The van der Waals surface area contributed by atoms with Gasteiger partial charge >= 0.3 is 5.97 Å². The molecule has 0 spiro atoms. The highest BCUT2D eigenvalue weighted by Gasteiger charge is 2.43. The monoisotopic (exact) mass is 321 g/mol. The fourth-order valence-electron chi connectivity index (χ4n) is 1.68. The van der Waals surface area contributed by atoms with Crippen LogP contribution in [0, 0.1) is 0 Å². The summed E-state index contributed by atoms with van der Waals surface area (Å²) in [6, 6.07) is 1.25. The van der Waals surface area contributed by atoms with Crippen molar-refractivity contribution >= 4 is 46.8 Å². The molecule has 0 aliphatic carbocycles. The van der Waals surface area contributed by atoms with E-state index in [1.807, 2.05) is 0 Å². The number of thioether (sulfide) groups is 1. The molecule has 1 atom stereocenters. The average molecular weight is 322 g/mol. The van der Waals surface area contributed by atoms with Crippen LogP contribution in [0.4, 0.5) is 0 Å². The van der Waals surface area contributed by atoms with E-state index in [1.54, 1.807) is 0 Å². The summed E-state index contributed by atoms with van der Waals surface area (Å²) in [4.78, 5) is 23.4. The van der Waals surface area contributed by atoms with Gasteiger partial charge in [0.05, 0.1) is 5.56 Å². The number of carbonyl (C=O) groups is 2. The standard InChI is InChI=1S/C10H9Cl2N3O3S/c11-6-3-5(7(12)15-14-6)8(16)13-10(9(17)18)1-2-19-4-10/h3H,1-2,4H2,(H,13,16)(H,17,18). The molecule has 1 saturated heterocycles. The van der Waals surface area contributed by atoms with E-state index in [2.05, 4.69) is 15.5 Å². The van der Waals surface area contributed by atoms with Crippen LogP contribution >= 0.6 is 35.0 Å². The van der Waals surface area contributed by atoms with E-state index in [0.717, 1.165) is 0 Å². The Morgan fingerprint density at radius 2 is 2.16 bits per heavy atom. The number of carboxylic acids is 1. The lowest BCUT2D eigenvalue weighted by Crippen LogP contribution is -2.54. The topological polar surface area (TPSA) is 92.2 Å². The molecule has 1 aromatic heterocycles. The summed E-state index contributed by atoms with van der Waals surface area (Å²) in [5, 5.41) is 18.7. The normalized spacial score (nSPS) is 22.2. The Morgan fingerprint density at radius 1 is 1.42 bits per heavy atom. The Bertz CT molecular complexity index is 535. The largest absolute Gasteiger partial charge is 0.479 e. The third-order valence-electron chi connectivity index (χ3n) is 2.75. The van der Waals surface area contributed by atoms with E-state index in [9.17, 15) is 14.7 Å². The molecule has 9 heteroatoms. The van der Waals surface area contributed by atoms with Crippen molar-refractivity contribution in [3.63, 3.8) is 0 Å². The lowest BCUT2D eigenvalue weighted by molar-refractivity contribution is -0.143. The van der Waals surface area contributed by atoms with Gasteiger partial charge in [-0.2, -0.15) is 11.8 Å². The molecule has 1 unspecified atom stereocenters. The highest BCUT2D eigenvalue weighted by atomic mass is 35.5. The first-order valence-corrected chi connectivity index (χ1v) is 7.18. The van der Waals surface area contributed by atoms with Crippen molar-refractivity contribution < 1.29 is 14.7 Å². The molecule has 19 heavy (non-hydrogen) atoms. The molecule has 1 aromatic rings. The van der Waals surface area contributed by atoms with E-state index >= 15 is 0 Å². The number of aromatic nitrogens is 2. The first kappa shape index (κ1) is 14.4. The number of hydrogen-bond donors (Lipinski definition) is 2. The Morgan fingerprint density at radius 3 is 2.74 bits per heavy atom. The highest BCUT2D eigenvalue weighted by Crippen LogP contribution is 2.29. The second-order valence-corrected chi connectivity index (χ2v) is 5.87. The minimum atomic E-state index is -1.26. The molecule has 0 aromatic carbocycles. The molecule has 1 aliphatic rings. The van der Waals surface area contributed by atoms with Crippen LogP contribution < -0.4 is 5.32 Å². The summed E-state index contributed by atoms with van der Waals surface area (Å²) in [5.41, 5.74) is -1.25. The van der Waals surface area contributed by atoms with Crippen LogP contribution in [0.5, 0.6) is 0 Å². The van der Waals surface area contributed by atoms with Crippen LogP contribution in [0.1, 0.15) is 16.8 Å². The number of nitrogens with zero attached hydrogens (tertiary/aromatic N) is 2.